The standard InChI is InChI=1S/C12H16N2O2.C3H6/c1-14-6-9-2-3-12(13-11(9)7-14)16-10-4-5-15-8-10;1-3-2/h2-3,10H,4-8H2,1H3;3H,1H2,2H3. The predicted octanol–water partition coefficient (Wildman–Crippen LogP) is 2.39. The maximum Gasteiger partial charge on any atom is 0.213 e. The third-order valence-electron chi connectivity index (χ3n) is 3.08. The SMILES string of the molecule is C=CC.CN1Cc2ccc(OC3CCOC3)nc2C1. The molecule has 1 aromatic rings. The van der Waals surface area contributed by atoms with Gasteiger partial charge in [-0.2, -0.15) is 0 Å². The summed E-state index contributed by atoms with van der Waals surface area (Å²) >= 11 is 0. The second-order valence-corrected chi connectivity index (χ2v) is 4.94. The van der Waals surface area contributed by atoms with Crippen molar-refractivity contribution >= 4 is 0 Å². The third-order valence-corrected chi connectivity index (χ3v) is 3.08. The lowest BCUT2D eigenvalue weighted by Crippen LogP contribution is -2.16. The summed E-state index contributed by atoms with van der Waals surface area (Å²) in [6.07, 6.45) is 2.91. The highest BCUT2D eigenvalue weighted by atomic mass is 16.5. The minimum absolute atomic E-state index is 0.185. The molecule has 4 nitrogen and oxygen atoms in total. The van der Waals surface area contributed by atoms with E-state index in [2.05, 4.69) is 29.6 Å². The fraction of sp³-hybridized carbons (Fsp3) is 0.533. The molecule has 19 heavy (non-hydrogen) atoms. The van der Waals surface area contributed by atoms with Crippen LogP contribution in [0.15, 0.2) is 24.8 Å². The van der Waals surface area contributed by atoms with Gasteiger partial charge in [0.1, 0.15) is 6.10 Å². The molecule has 1 unspecified atom stereocenters. The predicted molar refractivity (Wildman–Crippen MR) is 75.1 cm³/mol. The number of rotatable bonds is 2. The summed E-state index contributed by atoms with van der Waals surface area (Å²) in [5, 5.41) is 0. The van der Waals surface area contributed by atoms with Gasteiger partial charge in [-0.1, -0.05) is 12.1 Å². The van der Waals surface area contributed by atoms with Crippen molar-refractivity contribution in [2.24, 2.45) is 0 Å². The highest BCUT2D eigenvalue weighted by Crippen LogP contribution is 2.23. The first-order valence-electron chi connectivity index (χ1n) is 6.71. The number of allylic oxidation sites excluding steroid dienone is 1. The van der Waals surface area contributed by atoms with Crippen LogP contribution in [0.4, 0.5) is 0 Å². The van der Waals surface area contributed by atoms with Gasteiger partial charge >= 0.3 is 0 Å². The van der Waals surface area contributed by atoms with E-state index in [1.165, 1.54) is 5.56 Å². The molecular weight excluding hydrogens is 240 g/mol. The van der Waals surface area contributed by atoms with Gasteiger partial charge in [0.25, 0.3) is 0 Å². The minimum Gasteiger partial charge on any atom is -0.472 e. The summed E-state index contributed by atoms with van der Waals surface area (Å²) in [4.78, 5) is 6.80. The van der Waals surface area contributed by atoms with Crippen molar-refractivity contribution in [1.82, 2.24) is 9.88 Å². The Morgan fingerprint density at radius 1 is 1.47 bits per heavy atom. The van der Waals surface area contributed by atoms with Crippen molar-refractivity contribution in [3.05, 3.63) is 36.0 Å². The Morgan fingerprint density at radius 3 is 2.95 bits per heavy atom. The van der Waals surface area contributed by atoms with Crippen molar-refractivity contribution in [3.8, 4) is 5.88 Å². The lowest BCUT2D eigenvalue weighted by molar-refractivity contribution is 0.138. The summed E-state index contributed by atoms with van der Waals surface area (Å²) in [6, 6.07) is 4.09. The van der Waals surface area contributed by atoms with Crippen LogP contribution in [0, 0.1) is 0 Å². The zero-order valence-electron chi connectivity index (χ0n) is 11.8. The number of pyridine rings is 1. The van der Waals surface area contributed by atoms with Gasteiger partial charge in [0.05, 0.1) is 18.9 Å². The smallest absolute Gasteiger partial charge is 0.213 e. The quantitative estimate of drug-likeness (QED) is 0.767. The van der Waals surface area contributed by atoms with Crippen LogP contribution in [-0.2, 0) is 17.8 Å². The molecule has 3 rings (SSSR count). The van der Waals surface area contributed by atoms with Crippen molar-refractivity contribution < 1.29 is 9.47 Å². The summed E-state index contributed by atoms with van der Waals surface area (Å²) in [7, 11) is 2.10. The molecule has 2 aliphatic rings. The van der Waals surface area contributed by atoms with Gasteiger partial charge in [0.2, 0.25) is 5.88 Å². The summed E-state index contributed by atoms with van der Waals surface area (Å²) in [6.45, 7) is 8.67. The lowest BCUT2D eigenvalue weighted by Gasteiger charge is -2.11. The van der Waals surface area contributed by atoms with Gasteiger partial charge < -0.3 is 9.47 Å². The Balaban J connectivity index is 0.000000408. The largest absolute Gasteiger partial charge is 0.472 e. The molecule has 1 aromatic heterocycles. The van der Waals surface area contributed by atoms with E-state index in [9.17, 15) is 0 Å². The molecule has 0 aromatic carbocycles. The maximum absolute atomic E-state index is 5.78. The van der Waals surface area contributed by atoms with Crippen LogP contribution in [0.2, 0.25) is 0 Å². The van der Waals surface area contributed by atoms with E-state index >= 15 is 0 Å². The fourth-order valence-electron chi connectivity index (χ4n) is 2.24. The van der Waals surface area contributed by atoms with Crippen molar-refractivity contribution in [3.63, 3.8) is 0 Å². The van der Waals surface area contributed by atoms with Gasteiger partial charge in [0, 0.05) is 25.6 Å². The van der Waals surface area contributed by atoms with E-state index in [4.69, 9.17) is 9.47 Å². The van der Waals surface area contributed by atoms with Crippen LogP contribution < -0.4 is 4.74 Å². The molecule has 0 amide bonds. The lowest BCUT2D eigenvalue weighted by atomic mass is 10.2. The zero-order valence-corrected chi connectivity index (χ0v) is 11.8. The summed E-state index contributed by atoms with van der Waals surface area (Å²) in [5.74, 6) is 0.740. The van der Waals surface area contributed by atoms with E-state index in [0.717, 1.165) is 37.7 Å². The Kier molecular flexibility index (Phi) is 4.93. The third kappa shape index (κ3) is 3.78. The Bertz CT molecular complexity index is 428. The number of nitrogens with zero attached hydrogens (tertiary/aromatic N) is 2. The van der Waals surface area contributed by atoms with Gasteiger partial charge in [-0.05, 0) is 19.5 Å². The van der Waals surface area contributed by atoms with E-state index in [1.54, 1.807) is 6.08 Å². The molecule has 2 aliphatic heterocycles. The van der Waals surface area contributed by atoms with E-state index in [-0.39, 0.29) is 6.10 Å². The molecule has 1 fully saturated rings. The second kappa shape index (κ2) is 6.68. The van der Waals surface area contributed by atoms with Crippen molar-refractivity contribution in [2.45, 2.75) is 32.5 Å². The van der Waals surface area contributed by atoms with E-state index in [0.29, 0.717) is 6.61 Å². The molecule has 0 bridgehead atoms. The minimum atomic E-state index is 0.185. The van der Waals surface area contributed by atoms with E-state index < -0.39 is 0 Å². The number of hydrogen-bond acceptors (Lipinski definition) is 4. The second-order valence-electron chi connectivity index (χ2n) is 4.94. The summed E-state index contributed by atoms with van der Waals surface area (Å²) < 4.78 is 11.1. The molecule has 1 atom stereocenters. The molecule has 0 N–H and O–H groups in total. The average molecular weight is 262 g/mol. The van der Waals surface area contributed by atoms with Gasteiger partial charge in [0.15, 0.2) is 0 Å². The molecule has 3 heterocycles. The topological polar surface area (TPSA) is 34.6 Å². The van der Waals surface area contributed by atoms with Crippen LogP contribution in [-0.4, -0.2) is 36.2 Å². The maximum atomic E-state index is 5.78. The number of aromatic nitrogens is 1. The Labute approximate surface area is 115 Å². The number of hydrogen-bond donors (Lipinski definition) is 0. The van der Waals surface area contributed by atoms with Crippen LogP contribution in [0.3, 0.4) is 0 Å². The first-order valence-corrected chi connectivity index (χ1v) is 6.71. The molecule has 0 aliphatic carbocycles. The zero-order chi connectivity index (χ0) is 13.7. The van der Waals surface area contributed by atoms with Gasteiger partial charge in [-0.25, -0.2) is 4.98 Å². The van der Waals surface area contributed by atoms with Crippen LogP contribution in [0.25, 0.3) is 0 Å². The molecule has 4 heteroatoms. The molecule has 104 valence electrons. The number of ether oxygens (including phenoxy) is 2. The van der Waals surface area contributed by atoms with Crippen LogP contribution in [0.5, 0.6) is 5.88 Å². The van der Waals surface area contributed by atoms with Crippen molar-refractivity contribution in [2.75, 3.05) is 20.3 Å². The molecular formula is C15H22N2O2. The van der Waals surface area contributed by atoms with Crippen molar-refractivity contribution in [1.29, 1.82) is 0 Å². The van der Waals surface area contributed by atoms with Crippen LogP contribution in [0.1, 0.15) is 24.6 Å². The molecule has 0 saturated carbocycles. The molecule has 1 saturated heterocycles. The first-order chi connectivity index (χ1) is 9.22. The normalized spacial score (nSPS) is 21.5. The van der Waals surface area contributed by atoms with Crippen LogP contribution >= 0.6 is 0 Å². The Hall–Kier alpha value is -1.39. The number of fused-ring (bicyclic) bond motifs is 1. The Morgan fingerprint density at radius 2 is 2.26 bits per heavy atom. The highest BCUT2D eigenvalue weighted by Gasteiger charge is 2.20. The van der Waals surface area contributed by atoms with Gasteiger partial charge in [-0.15, -0.1) is 6.58 Å². The monoisotopic (exact) mass is 262 g/mol. The molecule has 0 radical (unpaired) electrons. The summed E-state index contributed by atoms with van der Waals surface area (Å²) in [5.41, 5.74) is 2.47. The van der Waals surface area contributed by atoms with E-state index in [1.807, 2.05) is 13.0 Å². The highest BCUT2D eigenvalue weighted by molar-refractivity contribution is 5.28. The fourth-order valence-corrected chi connectivity index (χ4v) is 2.24. The van der Waals surface area contributed by atoms with Gasteiger partial charge in [-0.3, -0.25) is 4.90 Å². The molecule has 0 spiro atoms. The first kappa shape index (κ1) is 14.0. The average Bonchev–Trinajstić information content (AvgIpc) is 2.98.